The molecule has 53 heavy (non-hydrogen) atoms. The second kappa shape index (κ2) is 54.1. The summed E-state index contributed by atoms with van der Waals surface area (Å²) in [6, 6.07) is 0. The van der Waals surface area contributed by atoms with Gasteiger partial charge in [-0.2, -0.15) is 0 Å². The van der Waals surface area contributed by atoms with Crippen molar-refractivity contribution in [3.8, 4) is 0 Å². The third-order valence-electron chi connectivity index (χ3n) is 9.57. The quantitative estimate of drug-likeness (QED) is 0.0219. The molecule has 0 aromatic heterocycles. The molecule has 0 aromatic carbocycles. The van der Waals surface area contributed by atoms with Gasteiger partial charge in [0.05, 0.1) is 0 Å². The molecule has 0 heterocycles. The predicted octanol–water partition coefficient (Wildman–Crippen LogP) is 14.2. The molecule has 0 bridgehead atoms. The number of unbranched alkanes of at least 4 members (excludes halogenated alkanes) is 30. The molecule has 7 nitrogen and oxygen atoms in total. The largest absolute Gasteiger partial charge is 0.365 e. The summed E-state index contributed by atoms with van der Waals surface area (Å²) < 4.78 is 3.93. The average Bonchev–Trinajstić information content (AvgIpc) is 3.17. The van der Waals surface area contributed by atoms with Gasteiger partial charge in [0, 0.05) is 34.3 Å². The van der Waals surface area contributed by atoms with Gasteiger partial charge in [0.15, 0.2) is 10.3 Å². The summed E-state index contributed by atoms with van der Waals surface area (Å²) in [5, 5.41) is 8.89. The molecule has 0 radical (unpaired) electrons. The summed E-state index contributed by atoms with van der Waals surface area (Å²) in [6.45, 7) is 6.74. The van der Waals surface area contributed by atoms with Crippen LogP contribution in [0.2, 0.25) is 0 Å². The molecule has 0 aliphatic carbocycles. The van der Waals surface area contributed by atoms with Crippen LogP contribution in [0.4, 0.5) is 0 Å². The molecule has 0 rings (SSSR count). The summed E-state index contributed by atoms with van der Waals surface area (Å²) in [5.74, 6) is 0. The van der Waals surface area contributed by atoms with Crippen molar-refractivity contribution in [1.82, 2.24) is 10.6 Å². The number of thioether (sulfide) groups is 2. The van der Waals surface area contributed by atoms with Crippen LogP contribution >= 0.6 is 32.1 Å². The van der Waals surface area contributed by atoms with Crippen molar-refractivity contribution >= 4 is 42.5 Å². The van der Waals surface area contributed by atoms with E-state index in [1.807, 2.05) is 14.1 Å². The summed E-state index contributed by atoms with van der Waals surface area (Å²) in [4.78, 5) is 23.9. The van der Waals surface area contributed by atoms with E-state index in [1.165, 1.54) is 213 Å². The smallest absolute Gasteiger partial charge is 0.326 e. The van der Waals surface area contributed by atoms with E-state index in [-0.39, 0.29) is 0 Å². The molecule has 0 aliphatic rings. The highest BCUT2D eigenvalue weighted by Crippen LogP contribution is 2.21. The number of aliphatic imine (C=N–C) groups is 2. The zero-order valence-electron chi connectivity index (χ0n) is 36.5. The molecule has 0 fully saturated rings. The minimum Gasteiger partial charge on any atom is -0.365 e. The third-order valence-corrected chi connectivity index (χ3v) is 11.3. The van der Waals surface area contributed by atoms with Crippen LogP contribution in [0.15, 0.2) is 9.98 Å². The molecule has 4 N–H and O–H groups in total. The highest BCUT2D eigenvalue weighted by molar-refractivity contribution is 8.13. The Morgan fingerprint density at radius 2 is 0.623 bits per heavy atom. The standard InChI is InChI=1S/2C21H44N2S.CH5O3P/c2*1-4-5-6-7-8-9-10-11-12-13-14-15-16-17-18-19-20-23-21(22-2)24-3;1-4-5(2)3/h2*4-20H2,1-3H3,(H,22,23);2-3H,1H3. The Morgan fingerprint density at radius 3 is 0.774 bits per heavy atom. The first-order chi connectivity index (χ1) is 26.0. The van der Waals surface area contributed by atoms with Gasteiger partial charge < -0.3 is 24.9 Å². The van der Waals surface area contributed by atoms with Gasteiger partial charge in [-0.15, -0.1) is 0 Å². The first-order valence-electron chi connectivity index (χ1n) is 22.2. The Kier molecular flexibility index (Phi) is 58.4. The van der Waals surface area contributed by atoms with Crippen molar-refractivity contribution in [2.45, 2.75) is 219 Å². The Morgan fingerprint density at radius 1 is 0.434 bits per heavy atom. The van der Waals surface area contributed by atoms with Crippen LogP contribution in [0, 0.1) is 0 Å². The average molecular weight is 809 g/mol. The molecule has 0 aliphatic heterocycles. The number of amidine groups is 2. The van der Waals surface area contributed by atoms with Gasteiger partial charge in [-0.1, -0.05) is 230 Å². The van der Waals surface area contributed by atoms with Crippen molar-refractivity contribution in [1.29, 1.82) is 0 Å². The van der Waals surface area contributed by atoms with E-state index in [9.17, 15) is 0 Å². The maximum atomic E-state index is 7.76. The van der Waals surface area contributed by atoms with Crippen LogP contribution in [0.5, 0.6) is 0 Å². The molecule has 10 heteroatoms. The zero-order valence-corrected chi connectivity index (χ0v) is 39.0. The fourth-order valence-corrected chi connectivity index (χ4v) is 7.08. The minimum absolute atomic E-state index is 1.07. The second-order valence-electron chi connectivity index (χ2n) is 14.4. The van der Waals surface area contributed by atoms with Crippen LogP contribution in [0.1, 0.15) is 219 Å². The maximum absolute atomic E-state index is 7.76. The fraction of sp³-hybridized carbons (Fsp3) is 0.953. The van der Waals surface area contributed by atoms with E-state index < -0.39 is 8.60 Å². The zero-order chi connectivity index (χ0) is 39.7. The Bertz CT molecular complexity index is 667. The van der Waals surface area contributed by atoms with E-state index in [0.29, 0.717) is 0 Å². The monoisotopic (exact) mass is 809 g/mol. The van der Waals surface area contributed by atoms with Crippen LogP contribution < -0.4 is 10.6 Å². The molecular formula is C43H93N4O3PS2. The molecule has 0 spiro atoms. The van der Waals surface area contributed by atoms with Crippen LogP contribution in [0.25, 0.3) is 0 Å². The van der Waals surface area contributed by atoms with E-state index in [4.69, 9.17) is 9.79 Å². The summed E-state index contributed by atoms with van der Waals surface area (Å²) in [6.07, 6.45) is 49.9. The summed E-state index contributed by atoms with van der Waals surface area (Å²) in [5.41, 5.74) is 0. The number of hydrogen-bond donors (Lipinski definition) is 4. The molecule has 0 aromatic rings. The van der Waals surface area contributed by atoms with Crippen LogP contribution in [0.3, 0.4) is 0 Å². The lowest BCUT2D eigenvalue weighted by atomic mass is 10.0. The Balaban J connectivity index is -0.000000835. The van der Waals surface area contributed by atoms with E-state index in [1.54, 1.807) is 23.5 Å². The molecule has 320 valence electrons. The van der Waals surface area contributed by atoms with Crippen molar-refractivity contribution in [3.63, 3.8) is 0 Å². The van der Waals surface area contributed by atoms with Crippen molar-refractivity contribution in [3.05, 3.63) is 0 Å². The first kappa shape index (κ1) is 57.3. The molecule has 0 amide bonds. The fourth-order valence-electron chi connectivity index (χ4n) is 6.22. The molecule has 0 unspecified atom stereocenters. The number of nitrogens with one attached hydrogen (secondary N) is 2. The highest BCUT2D eigenvalue weighted by atomic mass is 32.2. The summed E-state index contributed by atoms with van der Waals surface area (Å²) in [7, 11) is 2.84. The number of hydrogen-bond acceptors (Lipinski definition) is 7. The van der Waals surface area contributed by atoms with Gasteiger partial charge in [0.25, 0.3) is 0 Å². The maximum Gasteiger partial charge on any atom is 0.326 e. The molecule has 0 saturated heterocycles. The SMILES string of the molecule is CCCCCCCCCCCCCCCCCCNC(=NC)SC.CCCCCCCCCCCCCCCCCCNC(=NC)SC.COP(O)O. The van der Waals surface area contributed by atoms with Gasteiger partial charge in [-0.3, -0.25) is 9.98 Å². The highest BCUT2D eigenvalue weighted by Gasteiger charge is 1.98. The lowest BCUT2D eigenvalue weighted by Crippen LogP contribution is -2.21. The van der Waals surface area contributed by atoms with E-state index in [0.717, 1.165) is 23.4 Å². The molecular weight excluding hydrogens is 716 g/mol. The molecule has 0 atom stereocenters. The lowest BCUT2D eigenvalue weighted by molar-refractivity contribution is 0.310. The van der Waals surface area contributed by atoms with E-state index >= 15 is 0 Å². The molecule has 0 saturated carbocycles. The topological polar surface area (TPSA) is 98.5 Å². The summed E-state index contributed by atoms with van der Waals surface area (Å²) >= 11 is 3.39. The third kappa shape index (κ3) is 56.4. The van der Waals surface area contributed by atoms with Gasteiger partial charge >= 0.3 is 8.60 Å². The van der Waals surface area contributed by atoms with Crippen LogP contribution in [-0.4, -0.2) is 66.9 Å². The number of nitrogens with zero attached hydrogens (tertiary/aromatic N) is 2. The second-order valence-corrected chi connectivity index (χ2v) is 16.8. The van der Waals surface area contributed by atoms with Crippen molar-refractivity contribution in [2.24, 2.45) is 9.98 Å². The predicted molar refractivity (Wildman–Crippen MR) is 247 cm³/mol. The van der Waals surface area contributed by atoms with Gasteiger partial charge in [0.1, 0.15) is 0 Å². The number of rotatable bonds is 35. The Hall–Kier alpha value is -0.0500. The normalized spacial score (nSPS) is 11.7. The van der Waals surface area contributed by atoms with E-state index in [2.05, 4.69) is 51.5 Å². The Labute approximate surface area is 342 Å². The minimum atomic E-state index is -2.10. The van der Waals surface area contributed by atoms with Crippen molar-refractivity contribution in [2.75, 3.05) is 46.8 Å². The lowest BCUT2D eigenvalue weighted by Gasteiger charge is -2.06. The van der Waals surface area contributed by atoms with Crippen molar-refractivity contribution < 1.29 is 14.3 Å². The van der Waals surface area contributed by atoms with Gasteiger partial charge in [-0.05, 0) is 25.4 Å². The van der Waals surface area contributed by atoms with Crippen LogP contribution in [-0.2, 0) is 4.52 Å². The first-order valence-corrected chi connectivity index (χ1v) is 25.8. The van der Waals surface area contributed by atoms with Gasteiger partial charge in [-0.25, -0.2) is 0 Å². The van der Waals surface area contributed by atoms with Gasteiger partial charge in [0.2, 0.25) is 0 Å².